The maximum Gasteiger partial charge on any atom is 0.305 e. The summed E-state index contributed by atoms with van der Waals surface area (Å²) in [5, 5.41) is 13.4. The summed E-state index contributed by atoms with van der Waals surface area (Å²) in [7, 11) is 2.18. The number of carbonyl (C=O) groups is 1. The fourth-order valence-electron chi connectivity index (χ4n) is 6.11. The highest BCUT2D eigenvalue weighted by molar-refractivity contribution is 7.16. The standard InChI is InChI=1S/C28H35N3O5S/c1-31(23-15-20-5-9-22(23)26(20)36-17-32)13-2-14-35-21-7-3-18(4-8-21)16-29-12-11-19-6-10-24(33)25-27(19)37-28(34)30-25/h3-4,6-8,10,17,20,22-23,26,29,33H,2,5,9,11-16H2,1H3,(H,30,34)/t20-,22+,23-,26+/m0/s1. The van der Waals surface area contributed by atoms with Crippen LogP contribution >= 0.6 is 11.3 Å². The lowest BCUT2D eigenvalue weighted by Crippen LogP contribution is -2.38. The normalized spacial score (nSPS) is 22.6. The minimum atomic E-state index is -0.153. The van der Waals surface area contributed by atoms with Crippen LogP contribution in [0.4, 0.5) is 0 Å². The Balaban J connectivity index is 1.00. The molecule has 2 aliphatic rings. The first-order valence-corrected chi connectivity index (χ1v) is 13.9. The Labute approximate surface area is 220 Å². The molecule has 0 aliphatic heterocycles. The molecule has 5 rings (SSSR count). The van der Waals surface area contributed by atoms with Crippen LogP contribution in [-0.4, -0.2) is 60.4 Å². The molecule has 2 aliphatic carbocycles. The van der Waals surface area contributed by atoms with Crippen LogP contribution in [0, 0.1) is 11.8 Å². The summed E-state index contributed by atoms with van der Waals surface area (Å²) in [5.74, 6) is 1.99. The number of aromatic amines is 1. The molecule has 3 N–H and O–H groups in total. The predicted molar refractivity (Wildman–Crippen MR) is 144 cm³/mol. The molecule has 4 atom stereocenters. The number of hydrogen-bond donors (Lipinski definition) is 3. The molecule has 2 bridgehead atoms. The van der Waals surface area contributed by atoms with Crippen molar-refractivity contribution in [3.05, 3.63) is 57.2 Å². The van der Waals surface area contributed by atoms with E-state index < -0.39 is 0 Å². The molecule has 2 fully saturated rings. The van der Waals surface area contributed by atoms with E-state index in [1.54, 1.807) is 6.07 Å². The molecule has 0 radical (unpaired) electrons. The summed E-state index contributed by atoms with van der Waals surface area (Å²) in [4.78, 5) is 27.5. The van der Waals surface area contributed by atoms with Crippen molar-refractivity contribution in [1.29, 1.82) is 0 Å². The molecular weight excluding hydrogens is 490 g/mol. The molecule has 0 spiro atoms. The quantitative estimate of drug-likeness (QED) is 0.231. The van der Waals surface area contributed by atoms with Crippen LogP contribution in [0.3, 0.4) is 0 Å². The van der Waals surface area contributed by atoms with Gasteiger partial charge in [-0.1, -0.05) is 29.5 Å². The molecule has 9 heteroatoms. The number of H-pyrrole nitrogens is 1. The molecule has 37 heavy (non-hydrogen) atoms. The van der Waals surface area contributed by atoms with Crippen molar-refractivity contribution in [2.24, 2.45) is 11.8 Å². The Morgan fingerprint density at radius 2 is 2.05 bits per heavy atom. The van der Waals surface area contributed by atoms with Crippen LogP contribution in [0.25, 0.3) is 10.2 Å². The highest BCUT2D eigenvalue weighted by atomic mass is 32.1. The van der Waals surface area contributed by atoms with Gasteiger partial charge in [0.25, 0.3) is 6.47 Å². The zero-order chi connectivity index (χ0) is 25.8. The summed E-state index contributed by atoms with van der Waals surface area (Å²) >= 11 is 1.14. The van der Waals surface area contributed by atoms with E-state index >= 15 is 0 Å². The molecule has 0 amide bonds. The van der Waals surface area contributed by atoms with E-state index in [0.717, 1.165) is 72.7 Å². The molecule has 8 nitrogen and oxygen atoms in total. The molecule has 2 saturated carbocycles. The Morgan fingerprint density at radius 3 is 2.86 bits per heavy atom. The summed E-state index contributed by atoms with van der Waals surface area (Å²) in [6.07, 6.45) is 5.31. The minimum Gasteiger partial charge on any atom is -0.506 e. The number of phenolic OH excluding ortho intramolecular Hbond substituents is 1. The topological polar surface area (TPSA) is 104 Å². The third-order valence-electron chi connectivity index (χ3n) is 7.96. The monoisotopic (exact) mass is 525 g/mol. The van der Waals surface area contributed by atoms with E-state index in [0.29, 0.717) is 36.5 Å². The Kier molecular flexibility index (Phi) is 8.12. The lowest BCUT2D eigenvalue weighted by atomic mass is 9.94. The van der Waals surface area contributed by atoms with Gasteiger partial charge >= 0.3 is 4.87 Å². The van der Waals surface area contributed by atoms with E-state index in [1.807, 2.05) is 18.2 Å². The summed E-state index contributed by atoms with van der Waals surface area (Å²) in [6, 6.07) is 12.2. The molecule has 1 heterocycles. The molecule has 0 saturated heterocycles. The van der Waals surface area contributed by atoms with Gasteiger partial charge in [0.05, 0.1) is 11.3 Å². The van der Waals surface area contributed by atoms with Crippen LogP contribution in [0.1, 0.15) is 36.8 Å². The van der Waals surface area contributed by atoms with Crippen molar-refractivity contribution >= 4 is 28.0 Å². The van der Waals surface area contributed by atoms with E-state index in [4.69, 9.17) is 9.47 Å². The van der Waals surface area contributed by atoms with Gasteiger partial charge in [-0.3, -0.25) is 9.59 Å². The van der Waals surface area contributed by atoms with Gasteiger partial charge < -0.3 is 29.8 Å². The second-order valence-electron chi connectivity index (χ2n) is 10.2. The lowest BCUT2D eigenvalue weighted by Gasteiger charge is -2.31. The number of nitrogens with one attached hydrogen (secondary N) is 2. The number of thiazole rings is 1. The van der Waals surface area contributed by atoms with Crippen molar-refractivity contribution < 1.29 is 19.4 Å². The van der Waals surface area contributed by atoms with Crippen LogP contribution in [0.5, 0.6) is 11.5 Å². The fraction of sp³-hybridized carbons (Fsp3) is 0.500. The lowest BCUT2D eigenvalue weighted by molar-refractivity contribution is -0.135. The van der Waals surface area contributed by atoms with Gasteiger partial charge in [-0.05, 0) is 80.9 Å². The largest absolute Gasteiger partial charge is 0.506 e. The maximum absolute atomic E-state index is 11.7. The number of fused-ring (bicyclic) bond motifs is 3. The number of phenols is 1. The molecule has 198 valence electrons. The van der Waals surface area contributed by atoms with Crippen molar-refractivity contribution in [3.63, 3.8) is 0 Å². The third kappa shape index (κ3) is 5.84. The fourth-order valence-corrected chi connectivity index (χ4v) is 7.01. The smallest absolute Gasteiger partial charge is 0.305 e. The van der Waals surface area contributed by atoms with Gasteiger partial charge in [0, 0.05) is 25.0 Å². The van der Waals surface area contributed by atoms with Crippen molar-refractivity contribution in [1.82, 2.24) is 15.2 Å². The zero-order valence-electron chi connectivity index (χ0n) is 21.2. The third-order valence-corrected chi connectivity index (χ3v) is 8.92. The maximum atomic E-state index is 11.7. The zero-order valence-corrected chi connectivity index (χ0v) is 22.0. The van der Waals surface area contributed by atoms with E-state index in [1.165, 1.54) is 12.0 Å². The van der Waals surface area contributed by atoms with E-state index in [9.17, 15) is 14.7 Å². The van der Waals surface area contributed by atoms with E-state index in [-0.39, 0.29) is 16.7 Å². The van der Waals surface area contributed by atoms with Crippen LogP contribution in [0.15, 0.2) is 41.2 Å². The van der Waals surface area contributed by atoms with Gasteiger partial charge in [-0.15, -0.1) is 0 Å². The second kappa shape index (κ2) is 11.7. The van der Waals surface area contributed by atoms with Crippen LogP contribution in [0.2, 0.25) is 0 Å². The number of rotatable bonds is 13. The number of benzene rings is 2. The average molecular weight is 526 g/mol. The Morgan fingerprint density at radius 1 is 1.22 bits per heavy atom. The summed E-state index contributed by atoms with van der Waals surface area (Å²) < 4.78 is 12.2. The number of ether oxygens (including phenoxy) is 2. The van der Waals surface area contributed by atoms with Crippen molar-refractivity contribution in [2.45, 2.75) is 50.8 Å². The number of nitrogens with zero attached hydrogens (tertiary/aromatic N) is 1. The summed E-state index contributed by atoms with van der Waals surface area (Å²) in [6.45, 7) is 3.77. The van der Waals surface area contributed by atoms with Gasteiger partial charge in [0.2, 0.25) is 0 Å². The second-order valence-corrected chi connectivity index (χ2v) is 11.2. The minimum absolute atomic E-state index is 0.110. The highest BCUT2D eigenvalue weighted by Crippen LogP contribution is 2.48. The molecule has 0 unspecified atom stereocenters. The number of aromatic hydroxyl groups is 1. The van der Waals surface area contributed by atoms with Crippen molar-refractivity contribution in [3.8, 4) is 11.5 Å². The molecule has 2 aromatic carbocycles. The van der Waals surface area contributed by atoms with Gasteiger partial charge in [-0.2, -0.15) is 0 Å². The molecule has 1 aromatic heterocycles. The van der Waals surface area contributed by atoms with Crippen LogP contribution < -0.4 is 14.9 Å². The average Bonchev–Trinajstić information content (AvgIpc) is 3.59. The predicted octanol–water partition coefficient (Wildman–Crippen LogP) is 3.67. The Bertz CT molecular complexity index is 1260. The number of hydrogen-bond acceptors (Lipinski definition) is 8. The number of aromatic nitrogens is 1. The Hall–Kier alpha value is -2.88. The van der Waals surface area contributed by atoms with Gasteiger partial charge in [-0.25, -0.2) is 0 Å². The first kappa shape index (κ1) is 25.8. The highest BCUT2D eigenvalue weighted by Gasteiger charge is 2.50. The van der Waals surface area contributed by atoms with E-state index in [2.05, 4.69) is 34.4 Å². The van der Waals surface area contributed by atoms with Crippen LogP contribution in [-0.2, 0) is 22.5 Å². The van der Waals surface area contributed by atoms with Gasteiger partial charge in [0.1, 0.15) is 23.1 Å². The van der Waals surface area contributed by atoms with Crippen molar-refractivity contribution in [2.75, 3.05) is 26.7 Å². The number of carbonyl (C=O) groups excluding carboxylic acids is 1. The van der Waals surface area contributed by atoms with Gasteiger partial charge in [0.15, 0.2) is 0 Å². The first-order valence-electron chi connectivity index (χ1n) is 13.1. The molecular formula is C28H35N3O5S. The SMILES string of the molecule is CN(CCCOc1ccc(CNCCc2ccc(O)c3[nH]c(=O)sc23)cc1)[C@H]1C[C@@H]2CC[C@H]1[C@@H]2OC=O. The summed E-state index contributed by atoms with van der Waals surface area (Å²) in [5.41, 5.74) is 2.75. The molecule has 3 aromatic rings. The first-order chi connectivity index (χ1) is 18.0.